The van der Waals surface area contributed by atoms with Gasteiger partial charge in [-0.3, -0.25) is 4.99 Å². The molecule has 1 fully saturated rings. The fourth-order valence-corrected chi connectivity index (χ4v) is 2.97. The van der Waals surface area contributed by atoms with Crippen molar-refractivity contribution in [2.24, 2.45) is 4.99 Å². The van der Waals surface area contributed by atoms with Crippen LogP contribution in [0.15, 0.2) is 4.99 Å². The first-order valence-corrected chi connectivity index (χ1v) is 9.96. The highest BCUT2D eigenvalue weighted by atomic mass is 127. The van der Waals surface area contributed by atoms with Crippen molar-refractivity contribution in [3.63, 3.8) is 0 Å². The molecule has 0 heterocycles. The van der Waals surface area contributed by atoms with Crippen molar-refractivity contribution < 1.29 is 14.6 Å². The Bertz CT molecular complexity index is 447. The number of halogens is 1. The van der Waals surface area contributed by atoms with Crippen LogP contribution < -0.4 is 16.0 Å². The van der Waals surface area contributed by atoms with Gasteiger partial charge in [0.25, 0.3) is 0 Å². The second-order valence-electron chi connectivity index (χ2n) is 8.00. The zero-order valence-electron chi connectivity index (χ0n) is 17.5. The van der Waals surface area contributed by atoms with Crippen LogP contribution in [0.25, 0.3) is 0 Å². The van der Waals surface area contributed by atoms with E-state index >= 15 is 0 Å². The van der Waals surface area contributed by atoms with Gasteiger partial charge < -0.3 is 25.8 Å². The van der Waals surface area contributed by atoms with E-state index in [0.717, 1.165) is 51.0 Å². The van der Waals surface area contributed by atoms with Gasteiger partial charge in [-0.05, 0) is 59.8 Å². The molecule has 7 nitrogen and oxygen atoms in total. The van der Waals surface area contributed by atoms with E-state index in [0.29, 0.717) is 12.6 Å². The molecule has 0 spiro atoms. The Balaban J connectivity index is 0.00000676. The van der Waals surface area contributed by atoms with Gasteiger partial charge in [-0.25, -0.2) is 4.79 Å². The van der Waals surface area contributed by atoms with Gasteiger partial charge >= 0.3 is 6.09 Å². The number of carbonyl (C=O) groups is 1. The highest BCUT2D eigenvalue weighted by molar-refractivity contribution is 14.0. The lowest BCUT2D eigenvalue weighted by molar-refractivity contribution is 0.0503. The highest BCUT2D eigenvalue weighted by Gasteiger charge is 2.21. The summed E-state index contributed by atoms with van der Waals surface area (Å²) in [5.74, 6) is 0.765. The molecule has 0 saturated heterocycles. The van der Waals surface area contributed by atoms with Crippen molar-refractivity contribution in [1.82, 2.24) is 16.0 Å². The summed E-state index contributed by atoms with van der Waals surface area (Å²) < 4.78 is 5.35. The molecule has 1 aliphatic rings. The van der Waals surface area contributed by atoms with Crippen molar-refractivity contribution in [3.05, 3.63) is 0 Å². The second-order valence-corrected chi connectivity index (χ2v) is 8.00. The Morgan fingerprint density at radius 1 is 1.22 bits per heavy atom. The maximum absolute atomic E-state index is 12.0. The van der Waals surface area contributed by atoms with Crippen molar-refractivity contribution in [1.29, 1.82) is 0 Å². The summed E-state index contributed by atoms with van der Waals surface area (Å²) in [6.07, 6.45) is 4.79. The zero-order valence-corrected chi connectivity index (χ0v) is 19.8. The molecule has 1 unspecified atom stereocenters. The van der Waals surface area contributed by atoms with E-state index in [4.69, 9.17) is 4.74 Å². The number of aliphatic hydroxyl groups excluding tert-OH is 1. The minimum absolute atomic E-state index is 0. The lowest BCUT2D eigenvalue weighted by atomic mass is 9.93. The third kappa shape index (κ3) is 12.3. The predicted molar refractivity (Wildman–Crippen MR) is 121 cm³/mol. The van der Waals surface area contributed by atoms with Crippen LogP contribution in [0.2, 0.25) is 0 Å². The van der Waals surface area contributed by atoms with Crippen LogP contribution in [0.3, 0.4) is 0 Å². The van der Waals surface area contributed by atoms with Crippen molar-refractivity contribution in [3.8, 4) is 0 Å². The van der Waals surface area contributed by atoms with Crippen LogP contribution in [-0.4, -0.2) is 54.0 Å². The number of aliphatic hydroxyl groups is 1. The van der Waals surface area contributed by atoms with Gasteiger partial charge in [0.15, 0.2) is 5.96 Å². The Morgan fingerprint density at radius 2 is 1.85 bits per heavy atom. The van der Waals surface area contributed by atoms with Crippen molar-refractivity contribution in [2.45, 2.75) is 96.9 Å². The number of nitrogens with zero attached hydrogens (tertiary/aromatic N) is 1. The Hall–Kier alpha value is -0.770. The Morgan fingerprint density at radius 3 is 2.37 bits per heavy atom. The number of rotatable bonds is 7. The second kappa shape index (κ2) is 13.4. The monoisotopic (exact) mass is 498 g/mol. The zero-order chi connectivity index (χ0) is 19.6. The SMILES string of the molecule is CCCC(CN=C(NCC)NC1CCC(O)CC1)NC(=O)OC(C)(C)C.I. The van der Waals surface area contributed by atoms with Crippen LogP contribution in [0.5, 0.6) is 0 Å². The number of amides is 1. The van der Waals surface area contributed by atoms with Crippen LogP contribution in [-0.2, 0) is 4.74 Å². The van der Waals surface area contributed by atoms with Gasteiger partial charge in [-0.15, -0.1) is 24.0 Å². The van der Waals surface area contributed by atoms with Gasteiger partial charge in [0.1, 0.15) is 5.60 Å². The van der Waals surface area contributed by atoms with Crippen LogP contribution in [0, 0.1) is 0 Å². The molecule has 1 aliphatic carbocycles. The van der Waals surface area contributed by atoms with E-state index in [-0.39, 0.29) is 36.1 Å². The topological polar surface area (TPSA) is 95.0 Å². The first-order chi connectivity index (χ1) is 12.2. The molecule has 160 valence electrons. The highest BCUT2D eigenvalue weighted by Crippen LogP contribution is 2.18. The average molecular weight is 498 g/mol. The maximum Gasteiger partial charge on any atom is 0.407 e. The number of alkyl carbamates (subject to hydrolysis) is 1. The number of nitrogens with one attached hydrogen (secondary N) is 3. The van der Waals surface area contributed by atoms with E-state index < -0.39 is 11.7 Å². The number of hydrogen-bond donors (Lipinski definition) is 4. The maximum atomic E-state index is 12.0. The molecule has 0 radical (unpaired) electrons. The van der Waals surface area contributed by atoms with Crippen LogP contribution >= 0.6 is 24.0 Å². The normalized spacial score (nSPS) is 21.6. The molecule has 1 atom stereocenters. The molecule has 0 aromatic rings. The minimum atomic E-state index is -0.508. The van der Waals surface area contributed by atoms with Gasteiger partial charge in [0.05, 0.1) is 18.7 Å². The number of carbonyl (C=O) groups excluding carboxylic acids is 1. The van der Waals surface area contributed by atoms with Gasteiger partial charge in [-0.2, -0.15) is 0 Å². The molecule has 1 saturated carbocycles. The lowest BCUT2D eigenvalue weighted by Gasteiger charge is -2.28. The molecule has 1 rings (SSSR count). The molecular formula is C19H39IN4O3. The van der Waals surface area contributed by atoms with E-state index in [1.165, 1.54) is 0 Å². The summed E-state index contributed by atoms with van der Waals surface area (Å²) in [7, 11) is 0. The first kappa shape index (κ1) is 26.2. The Kier molecular flexibility index (Phi) is 13.0. The quantitative estimate of drug-likeness (QED) is 0.246. The van der Waals surface area contributed by atoms with E-state index in [1.807, 2.05) is 27.7 Å². The summed E-state index contributed by atoms with van der Waals surface area (Å²) >= 11 is 0. The predicted octanol–water partition coefficient (Wildman–Crippen LogP) is 3.16. The molecule has 0 aromatic heterocycles. The molecule has 4 N–H and O–H groups in total. The molecule has 27 heavy (non-hydrogen) atoms. The number of aliphatic imine (C=N–C) groups is 1. The third-order valence-corrected chi connectivity index (χ3v) is 4.21. The van der Waals surface area contributed by atoms with Crippen molar-refractivity contribution in [2.75, 3.05) is 13.1 Å². The summed E-state index contributed by atoms with van der Waals surface area (Å²) in [4.78, 5) is 16.7. The Labute approximate surface area is 181 Å². The molecule has 0 bridgehead atoms. The largest absolute Gasteiger partial charge is 0.444 e. The standard InChI is InChI=1S/C19H38N4O3.HI/c1-6-8-15(23-18(25)26-19(3,4)5)13-21-17(20-7-2)22-14-9-11-16(24)12-10-14;/h14-16,24H,6-13H2,1-5H3,(H,23,25)(H2,20,21,22);1H. The summed E-state index contributed by atoms with van der Waals surface area (Å²) in [5.41, 5.74) is -0.508. The molecule has 0 aromatic carbocycles. The minimum Gasteiger partial charge on any atom is -0.444 e. The van der Waals surface area contributed by atoms with E-state index in [2.05, 4.69) is 27.9 Å². The fraction of sp³-hybridized carbons (Fsp3) is 0.895. The van der Waals surface area contributed by atoms with Gasteiger partial charge in [0.2, 0.25) is 0 Å². The summed E-state index contributed by atoms with van der Waals surface area (Å²) in [6, 6.07) is 0.276. The molecule has 0 aliphatic heterocycles. The summed E-state index contributed by atoms with van der Waals surface area (Å²) in [6.45, 7) is 11.0. The van der Waals surface area contributed by atoms with Crippen LogP contribution in [0.1, 0.15) is 73.1 Å². The van der Waals surface area contributed by atoms with Gasteiger partial charge in [-0.1, -0.05) is 13.3 Å². The number of guanidine groups is 1. The summed E-state index contributed by atoms with van der Waals surface area (Å²) in [5, 5.41) is 19.3. The van der Waals surface area contributed by atoms with Gasteiger partial charge in [0, 0.05) is 12.6 Å². The lowest BCUT2D eigenvalue weighted by Crippen LogP contribution is -2.46. The van der Waals surface area contributed by atoms with E-state index in [1.54, 1.807) is 0 Å². The average Bonchev–Trinajstić information content (AvgIpc) is 2.53. The smallest absolute Gasteiger partial charge is 0.407 e. The van der Waals surface area contributed by atoms with Crippen molar-refractivity contribution >= 4 is 36.0 Å². The van der Waals surface area contributed by atoms with Crippen LogP contribution in [0.4, 0.5) is 4.79 Å². The molecule has 8 heteroatoms. The molecular weight excluding hydrogens is 459 g/mol. The third-order valence-electron chi connectivity index (χ3n) is 4.21. The fourth-order valence-electron chi connectivity index (χ4n) is 2.97. The first-order valence-electron chi connectivity index (χ1n) is 9.96. The van der Waals surface area contributed by atoms with E-state index in [9.17, 15) is 9.90 Å². The molecule has 1 amide bonds. The number of ether oxygens (including phenoxy) is 1. The number of hydrogen-bond acceptors (Lipinski definition) is 4.